The lowest BCUT2D eigenvalue weighted by Gasteiger charge is -2.10. The van der Waals surface area contributed by atoms with Gasteiger partial charge in [0, 0.05) is 39.3 Å². The number of aromatic nitrogens is 1. The minimum atomic E-state index is -0.116. The first-order valence-electron chi connectivity index (χ1n) is 8.40. The molecule has 6 heteroatoms. The molecule has 0 bridgehead atoms. The zero-order chi connectivity index (χ0) is 18.5. The minimum absolute atomic E-state index is 0.116. The molecule has 1 amide bonds. The molecule has 1 aromatic heterocycles. The van der Waals surface area contributed by atoms with Crippen LogP contribution in [-0.2, 0) is 11.2 Å². The van der Waals surface area contributed by atoms with Crippen molar-refractivity contribution >= 4 is 29.2 Å². The van der Waals surface area contributed by atoms with Gasteiger partial charge >= 0.3 is 0 Å². The van der Waals surface area contributed by atoms with Gasteiger partial charge in [0.2, 0.25) is 5.91 Å². The van der Waals surface area contributed by atoms with Gasteiger partial charge in [-0.25, -0.2) is 4.98 Å². The number of benzene rings is 1. The van der Waals surface area contributed by atoms with Crippen molar-refractivity contribution in [2.45, 2.75) is 13.3 Å². The second-order valence-electron chi connectivity index (χ2n) is 6.27. The lowest BCUT2D eigenvalue weighted by atomic mass is 10.1. The lowest BCUT2D eigenvalue weighted by Crippen LogP contribution is -2.24. The van der Waals surface area contributed by atoms with Crippen LogP contribution >= 0.6 is 0 Å². The molecule has 1 N–H and O–H groups in total. The maximum atomic E-state index is 10.9. The summed E-state index contributed by atoms with van der Waals surface area (Å²) in [4.78, 5) is 21.9. The van der Waals surface area contributed by atoms with Crippen molar-refractivity contribution in [2.75, 3.05) is 25.7 Å². The monoisotopic (exact) mass is 350 g/mol. The molecule has 26 heavy (non-hydrogen) atoms. The van der Waals surface area contributed by atoms with Crippen LogP contribution in [0.3, 0.4) is 0 Å². The van der Waals surface area contributed by atoms with Crippen LogP contribution in [0.4, 0.5) is 11.5 Å². The quantitative estimate of drug-likeness (QED) is 0.814. The van der Waals surface area contributed by atoms with Gasteiger partial charge in [0.15, 0.2) is 6.73 Å². The van der Waals surface area contributed by atoms with E-state index in [1.165, 1.54) is 6.92 Å². The molecule has 134 valence electrons. The van der Waals surface area contributed by atoms with Crippen molar-refractivity contribution in [3.8, 4) is 5.75 Å². The summed E-state index contributed by atoms with van der Waals surface area (Å²) in [5.41, 5.74) is 4.10. The molecule has 0 radical (unpaired) electrons. The maximum absolute atomic E-state index is 10.9. The smallest absolute Gasteiger partial charge is 0.219 e. The number of allylic oxidation sites excluding steroid dienone is 1. The van der Waals surface area contributed by atoms with E-state index in [0.717, 1.165) is 40.5 Å². The third-order valence-electron chi connectivity index (χ3n) is 3.94. The third kappa shape index (κ3) is 4.47. The summed E-state index contributed by atoms with van der Waals surface area (Å²) >= 11 is 0. The molecule has 0 spiro atoms. The number of hydrogen-bond acceptors (Lipinski definition) is 5. The molecule has 1 aromatic carbocycles. The Balaban J connectivity index is 1.61. The molecular weight excluding hydrogens is 328 g/mol. The first kappa shape index (κ1) is 17.7. The number of carbonyl (C=O) groups is 1. The molecule has 0 atom stereocenters. The van der Waals surface area contributed by atoms with E-state index in [1.54, 1.807) is 0 Å². The second kappa shape index (κ2) is 7.82. The molecule has 2 aromatic rings. The highest BCUT2D eigenvalue weighted by Gasteiger charge is 2.13. The Morgan fingerprint density at radius 2 is 2.12 bits per heavy atom. The van der Waals surface area contributed by atoms with Crippen molar-refractivity contribution in [1.82, 2.24) is 10.3 Å². The van der Waals surface area contributed by atoms with Crippen LogP contribution in [0.15, 0.2) is 47.6 Å². The van der Waals surface area contributed by atoms with Gasteiger partial charge in [-0.2, -0.15) is 0 Å². The molecule has 0 unspecified atom stereocenters. The van der Waals surface area contributed by atoms with Crippen LogP contribution in [0.2, 0.25) is 0 Å². The molecule has 0 fully saturated rings. The topological polar surface area (TPSA) is 66.8 Å². The van der Waals surface area contributed by atoms with E-state index in [0.29, 0.717) is 0 Å². The average molecular weight is 350 g/mol. The fraction of sp³-hybridized carbons (Fsp3) is 0.250. The zero-order valence-corrected chi connectivity index (χ0v) is 15.2. The van der Waals surface area contributed by atoms with Gasteiger partial charge in [-0.1, -0.05) is 6.08 Å². The van der Waals surface area contributed by atoms with Gasteiger partial charge in [0.05, 0.1) is 5.69 Å². The van der Waals surface area contributed by atoms with Gasteiger partial charge in [-0.3, -0.25) is 9.79 Å². The number of rotatable bonds is 6. The zero-order valence-electron chi connectivity index (χ0n) is 15.2. The molecule has 0 aliphatic carbocycles. The summed E-state index contributed by atoms with van der Waals surface area (Å²) in [5, 5.41) is 2.61. The summed E-state index contributed by atoms with van der Waals surface area (Å²) in [6.45, 7) is 1.62. The Bertz CT molecular complexity index is 855. The number of amides is 1. The summed E-state index contributed by atoms with van der Waals surface area (Å²) in [6.07, 6.45) is 6.64. The number of ether oxygens (including phenoxy) is 1. The fourth-order valence-corrected chi connectivity index (χ4v) is 2.56. The van der Waals surface area contributed by atoms with E-state index < -0.39 is 0 Å². The van der Waals surface area contributed by atoms with Crippen molar-refractivity contribution in [3.05, 3.63) is 53.7 Å². The van der Waals surface area contributed by atoms with Crippen LogP contribution in [-0.4, -0.2) is 37.4 Å². The molecule has 0 saturated heterocycles. The van der Waals surface area contributed by atoms with Gasteiger partial charge in [0.1, 0.15) is 11.6 Å². The number of hydrogen-bond donors (Lipinski definition) is 1. The van der Waals surface area contributed by atoms with E-state index >= 15 is 0 Å². The Kier molecular flexibility index (Phi) is 5.31. The molecule has 6 nitrogen and oxygen atoms in total. The predicted molar refractivity (Wildman–Crippen MR) is 104 cm³/mol. The molecule has 3 rings (SSSR count). The van der Waals surface area contributed by atoms with E-state index in [1.807, 2.05) is 67.7 Å². The number of nitrogens with one attached hydrogen (secondary N) is 1. The second-order valence-corrected chi connectivity index (χ2v) is 6.27. The summed E-state index contributed by atoms with van der Waals surface area (Å²) in [5.74, 6) is 1.54. The Hall–Kier alpha value is -3.15. The fourth-order valence-electron chi connectivity index (χ4n) is 2.56. The molecule has 1 aliphatic rings. The summed E-state index contributed by atoms with van der Waals surface area (Å²) in [7, 11) is 3.94. The van der Waals surface area contributed by atoms with E-state index in [-0.39, 0.29) is 12.6 Å². The van der Waals surface area contributed by atoms with Crippen molar-refractivity contribution in [2.24, 2.45) is 4.99 Å². The van der Waals surface area contributed by atoms with Gasteiger partial charge < -0.3 is 15.0 Å². The van der Waals surface area contributed by atoms with Crippen molar-refractivity contribution < 1.29 is 9.53 Å². The molecule has 2 heterocycles. The van der Waals surface area contributed by atoms with Crippen LogP contribution in [0.25, 0.3) is 6.08 Å². The number of aliphatic imine (C=N–C) groups is 1. The Labute approximate surface area is 153 Å². The first-order valence-corrected chi connectivity index (χ1v) is 8.40. The normalized spacial score (nSPS) is 12.7. The van der Waals surface area contributed by atoms with Crippen molar-refractivity contribution in [3.63, 3.8) is 0 Å². The third-order valence-corrected chi connectivity index (χ3v) is 3.94. The molecule has 1 aliphatic heterocycles. The summed E-state index contributed by atoms with van der Waals surface area (Å²) < 4.78 is 5.52. The summed E-state index contributed by atoms with van der Waals surface area (Å²) in [6, 6.07) is 9.79. The number of carbonyl (C=O) groups excluding carboxylic acids is 1. The molecule has 0 saturated carbocycles. The first-order chi connectivity index (χ1) is 12.5. The van der Waals surface area contributed by atoms with Crippen LogP contribution in [0, 0.1) is 0 Å². The number of nitrogens with zero attached hydrogens (tertiary/aromatic N) is 3. The van der Waals surface area contributed by atoms with Gasteiger partial charge in [-0.05, 0) is 47.5 Å². The number of pyridine rings is 1. The van der Waals surface area contributed by atoms with Gasteiger partial charge in [0.25, 0.3) is 0 Å². The van der Waals surface area contributed by atoms with Crippen LogP contribution in [0.1, 0.15) is 18.1 Å². The Morgan fingerprint density at radius 1 is 1.27 bits per heavy atom. The highest BCUT2D eigenvalue weighted by molar-refractivity contribution is 6.04. The van der Waals surface area contributed by atoms with E-state index in [2.05, 4.69) is 15.3 Å². The highest BCUT2D eigenvalue weighted by atomic mass is 16.5. The van der Waals surface area contributed by atoms with E-state index in [9.17, 15) is 4.79 Å². The number of fused-ring (bicyclic) bond motifs is 1. The van der Waals surface area contributed by atoms with E-state index in [4.69, 9.17) is 4.74 Å². The van der Waals surface area contributed by atoms with Gasteiger partial charge in [-0.15, -0.1) is 0 Å². The number of anilines is 1. The SMILES string of the molecule is CC(=O)NCOc1ccc2c(c1)CC(/C=C/c1ccc(N(C)C)nc1)=N2. The van der Waals surface area contributed by atoms with Crippen LogP contribution < -0.4 is 15.0 Å². The Morgan fingerprint density at radius 3 is 2.81 bits per heavy atom. The van der Waals surface area contributed by atoms with Crippen LogP contribution in [0.5, 0.6) is 5.75 Å². The highest BCUT2D eigenvalue weighted by Crippen LogP contribution is 2.30. The average Bonchev–Trinajstić information content (AvgIpc) is 3.02. The largest absolute Gasteiger partial charge is 0.473 e. The lowest BCUT2D eigenvalue weighted by molar-refractivity contribution is -0.119. The molecular formula is C20H22N4O2. The standard InChI is InChI=1S/C20H22N4O2/c1-14(25)22-13-26-18-7-8-19-16(11-18)10-17(23-19)6-4-15-5-9-20(21-12-15)24(2)3/h4-9,11-12H,10,13H2,1-3H3,(H,22,25)/b6-4+. The maximum Gasteiger partial charge on any atom is 0.219 e. The predicted octanol–water partition coefficient (Wildman–Crippen LogP) is 2.96. The minimum Gasteiger partial charge on any atom is -0.473 e. The van der Waals surface area contributed by atoms with Crippen molar-refractivity contribution in [1.29, 1.82) is 0 Å².